The summed E-state index contributed by atoms with van der Waals surface area (Å²) in [5, 5.41) is 0. The van der Waals surface area contributed by atoms with Crippen molar-refractivity contribution >= 4 is 47.3 Å². The Bertz CT molecular complexity index is 2380. The second kappa shape index (κ2) is 15.3. The quantitative estimate of drug-likeness (QED) is 0.114. The van der Waals surface area contributed by atoms with Gasteiger partial charge in [-0.05, 0) is 90.7 Å². The van der Waals surface area contributed by atoms with Crippen LogP contribution in [0.3, 0.4) is 0 Å². The number of rotatable bonds is 12. The van der Waals surface area contributed by atoms with E-state index >= 15 is 0 Å². The standard InChI is InChI=1S/C37H36N2O9S3/c1-3-38(25-27-12-22-33(23-13-27)49(40,41)42)31-18-14-29(15-19-31)37(35-10-5-6-11-36(35)51(46,47)48)30-16-20-32(21-17-30)39(4-2)26-28-8-7-9-34(24-28)50(43,44)45/h5-24H,3-4,25-26H2,1-2H3,(H2-,40,41,42,43,44,45,46,47,48)/p+1. The molecule has 0 amide bonds. The molecule has 0 spiro atoms. The third kappa shape index (κ3) is 9.16. The Hall–Kier alpha value is -4.70. The average molecular weight is 750 g/mol. The summed E-state index contributed by atoms with van der Waals surface area (Å²) >= 11 is 0. The normalized spacial score (nSPS) is 13.4. The van der Waals surface area contributed by atoms with Gasteiger partial charge in [-0.15, -0.1) is 0 Å². The van der Waals surface area contributed by atoms with E-state index in [1.165, 1.54) is 36.4 Å². The molecular weight excluding hydrogens is 713 g/mol. The molecule has 0 atom stereocenters. The highest BCUT2D eigenvalue weighted by atomic mass is 32.2. The van der Waals surface area contributed by atoms with Crippen LogP contribution in [0, 0.1) is 0 Å². The van der Waals surface area contributed by atoms with Gasteiger partial charge in [-0.1, -0.05) is 54.6 Å². The first-order valence-electron chi connectivity index (χ1n) is 15.9. The lowest BCUT2D eigenvalue weighted by Crippen LogP contribution is -2.22. The van der Waals surface area contributed by atoms with E-state index in [0.29, 0.717) is 54.0 Å². The summed E-state index contributed by atoms with van der Waals surface area (Å²) in [6.07, 6.45) is 7.46. The molecule has 266 valence electrons. The van der Waals surface area contributed by atoms with Crippen LogP contribution in [0.25, 0.3) is 5.57 Å². The van der Waals surface area contributed by atoms with Gasteiger partial charge in [-0.3, -0.25) is 13.7 Å². The van der Waals surface area contributed by atoms with E-state index in [4.69, 9.17) is 0 Å². The van der Waals surface area contributed by atoms with Crippen molar-refractivity contribution in [2.75, 3.05) is 18.0 Å². The summed E-state index contributed by atoms with van der Waals surface area (Å²) < 4.78 is 102. The number of hydrogen-bond acceptors (Lipinski definition) is 7. The lowest BCUT2D eigenvalue weighted by molar-refractivity contribution is -0.539. The van der Waals surface area contributed by atoms with Gasteiger partial charge in [0.1, 0.15) is 11.4 Å². The van der Waals surface area contributed by atoms with Crippen molar-refractivity contribution in [3.05, 3.63) is 149 Å². The average Bonchev–Trinajstić information content (AvgIpc) is 3.10. The van der Waals surface area contributed by atoms with Gasteiger partial charge in [0.05, 0.1) is 9.79 Å². The minimum atomic E-state index is -4.59. The molecule has 0 aliphatic heterocycles. The number of benzene rings is 4. The molecule has 4 aromatic rings. The molecule has 0 bridgehead atoms. The maximum absolute atomic E-state index is 12.5. The topological polar surface area (TPSA) is 169 Å². The summed E-state index contributed by atoms with van der Waals surface area (Å²) in [7, 11) is -13.2. The molecule has 4 aromatic carbocycles. The molecule has 1 aliphatic carbocycles. The van der Waals surface area contributed by atoms with Gasteiger partial charge in [-0.25, -0.2) is 4.58 Å². The zero-order valence-corrected chi connectivity index (χ0v) is 30.2. The van der Waals surface area contributed by atoms with Gasteiger partial charge in [0.25, 0.3) is 30.4 Å². The summed E-state index contributed by atoms with van der Waals surface area (Å²) in [5.74, 6) is 0. The minimum absolute atomic E-state index is 0.187. The molecule has 5 rings (SSSR count). The molecule has 0 heterocycles. The predicted octanol–water partition coefficient (Wildman–Crippen LogP) is 6.05. The van der Waals surface area contributed by atoms with Crippen molar-refractivity contribution in [3.63, 3.8) is 0 Å². The summed E-state index contributed by atoms with van der Waals surface area (Å²) in [5.41, 5.74) is 5.42. The van der Waals surface area contributed by atoms with Crippen LogP contribution in [-0.2, 0) is 43.4 Å². The molecule has 0 saturated heterocycles. The molecule has 0 unspecified atom stereocenters. The Morgan fingerprint density at radius 3 is 1.84 bits per heavy atom. The van der Waals surface area contributed by atoms with Gasteiger partial charge in [0.15, 0.2) is 12.3 Å². The lowest BCUT2D eigenvalue weighted by Gasteiger charge is -2.24. The van der Waals surface area contributed by atoms with Crippen LogP contribution >= 0.6 is 0 Å². The van der Waals surface area contributed by atoms with E-state index in [2.05, 4.69) is 4.90 Å². The van der Waals surface area contributed by atoms with E-state index < -0.39 is 30.4 Å². The second-order valence-electron chi connectivity index (χ2n) is 11.7. The predicted molar refractivity (Wildman–Crippen MR) is 196 cm³/mol. The number of allylic oxidation sites excluding steroid dienone is 5. The molecule has 3 N–H and O–H groups in total. The van der Waals surface area contributed by atoms with Crippen LogP contribution in [0.1, 0.15) is 36.1 Å². The summed E-state index contributed by atoms with van der Waals surface area (Å²) in [6, 6.07) is 25.8. The maximum atomic E-state index is 12.5. The number of hydrogen-bond donors (Lipinski definition) is 3. The number of anilines is 1. The fourth-order valence-corrected chi connectivity index (χ4v) is 7.57. The second-order valence-corrected chi connectivity index (χ2v) is 15.9. The van der Waals surface area contributed by atoms with E-state index in [-0.39, 0.29) is 14.7 Å². The van der Waals surface area contributed by atoms with Crippen molar-refractivity contribution in [1.82, 2.24) is 0 Å². The first kappa shape index (κ1) is 37.6. The Morgan fingerprint density at radius 2 is 1.27 bits per heavy atom. The van der Waals surface area contributed by atoms with Crippen LogP contribution in [0.15, 0.2) is 142 Å². The van der Waals surface area contributed by atoms with Crippen molar-refractivity contribution in [1.29, 1.82) is 0 Å². The zero-order valence-electron chi connectivity index (χ0n) is 27.8. The third-order valence-electron chi connectivity index (χ3n) is 8.40. The molecule has 0 saturated carbocycles. The van der Waals surface area contributed by atoms with Gasteiger partial charge in [-0.2, -0.15) is 25.3 Å². The highest BCUT2D eigenvalue weighted by Gasteiger charge is 2.22. The molecule has 14 heteroatoms. The van der Waals surface area contributed by atoms with Gasteiger partial charge in [0.2, 0.25) is 0 Å². The van der Waals surface area contributed by atoms with E-state index in [9.17, 15) is 38.9 Å². The zero-order chi connectivity index (χ0) is 37.0. The van der Waals surface area contributed by atoms with Crippen molar-refractivity contribution in [3.8, 4) is 0 Å². The SMILES string of the molecule is CCN(Cc1ccc(S(=O)(=O)O)cc1)c1ccc(C(=C2C=CC(=[N+](CC)Cc3cccc(S(=O)(=O)O)c3)C=C2)c2ccccc2S(=O)(=O)O)cc1. The lowest BCUT2D eigenvalue weighted by atomic mass is 9.90. The van der Waals surface area contributed by atoms with Crippen LogP contribution in [0.4, 0.5) is 5.69 Å². The molecule has 0 aromatic heterocycles. The van der Waals surface area contributed by atoms with Crippen LogP contribution in [0.2, 0.25) is 0 Å². The maximum Gasteiger partial charge on any atom is 0.295 e. The Labute approximate surface area is 298 Å². The van der Waals surface area contributed by atoms with Gasteiger partial charge >= 0.3 is 0 Å². The summed E-state index contributed by atoms with van der Waals surface area (Å²) in [4.78, 5) is 1.45. The highest BCUT2D eigenvalue weighted by molar-refractivity contribution is 7.86. The monoisotopic (exact) mass is 749 g/mol. The Kier molecular flexibility index (Phi) is 11.2. The number of nitrogens with zero attached hydrogens (tertiary/aromatic N) is 2. The Morgan fingerprint density at radius 1 is 0.647 bits per heavy atom. The van der Waals surface area contributed by atoms with Crippen molar-refractivity contribution < 1.29 is 43.5 Å². The Balaban J connectivity index is 1.53. The van der Waals surface area contributed by atoms with Gasteiger partial charge in [0, 0.05) is 42.1 Å². The van der Waals surface area contributed by atoms with Gasteiger partial charge < -0.3 is 4.90 Å². The largest absolute Gasteiger partial charge is 0.367 e. The first-order valence-corrected chi connectivity index (χ1v) is 20.2. The van der Waals surface area contributed by atoms with Crippen LogP contribution in [-0.4, -0.2) is 62.3 Å². The fourth-order valence-electron chi connectivity index (χ4n) is 5.84. The fraction of sp³-hybridized carbons (Fsp3) is 0.162. The molecule has 0 radical (unpaired) electrons. The molecule has 1 aliphatic rings. The molecular formula is C37H37N2O9S3+. The minimum Gasteiger partial charge on any atom is -0.367 e. The molecule has 0 fully saturated rings. The first-order chi connectivity index (χ1) is 24.1. The molecule has 51 heavy (non-hydrogen) atoms. The van der Waals surface area contributed by atoms with E-state index in [1.807, 2.05) is 67.0 Å². The smallest absolute Gasteiger partial charge is 0.295 e. The molecule has 11 nitrogen and oxygen atoms in total. The third-order valence-corrected chi connectivity index (χ3v) is 11.0. The van der Waals surface area contributed by atoms with Crippen molar-refractivity contribution in [2.45, 2.75) is 41.6 Å². The summed E-state index contributed by atoms with van der Waals surface area (Å²) in [6.45, 7) is 5.96. The van der Waals surface area contributed by atoms with E-state index in [0.717, 1.165) is 17.0 Å². The van der Waals surface area contributed by atoms with Crippen molar-refractivity contribution in [2.24, 2.45) is 0 Å². The van der Waals surface area contributed by atoms with Crippen LogP contribution < -0.4 is 4.90 Å². The van der Waals surface area contributed by atoms with E-state index in [1.54, 1.807) is 36.4 Å². The van der Waals surface area contributed by atoms with Crippen LogP contribution in [0.5, 0.6) is 0 Å². The highest BCUT2D eigenvalue weighted by Crippen LogP contribution is 2.35.